The average molecular weight is 445 g/mol. The van der Waals surface area contributed by atoms with E-state index in [1.807, 2.05) is 30.3 Å². The van der Waals surface area contributed by atoms with Crippen molar-refractivity contribution in [3.8, 4) is 5.75 Å². The number of phenolic OH excluding ortho intramolecular Hbond substituents is 1. The van der Waals surface area contributed by atoms with Crippen molar-refractivity contribution in [3.05, 3.63) is 74.1 Å². The molecule has 1 aromatic heterocycles. The van der Waals surface area contributed by atoms with E-state index in [0.29, 0.717) is 21.2 Å². The molecular weight excluding hydrogens is 427 g/mol. The van der Waals surface area contributed by atoms with Crippen LogP contribution in [0.2, 0.25) is 10.0 Å². The van der Waals surface area contributed by atoms with Crippen molar-refractivity contribution in [1.29, 1.82) is 0 Å². The highest BCUT2D eigenvalue weighted by Gasteiger charge is 2.25. The second-order valence-electron chi connectivity index (χ2n) is 6.79. The van der Waals surface area contributed by atoms with Crippen molar-refractivity contribution in [1.82, 2.24) is 0 Å². The molecule has 3 aromatic rings. The van der Waals surface area contributed by atoms with E-state index in [4.69, 9.17) is 23.2 Å². The number of rotatable bonds is 4. The molecule has 0 saturated heterocycles. The summed E-state index contributed by atoms with van der Waals surface area (Å²) < 4.78 is 0. The van der Waals surface area contributed by atoms with Gasteiger partial charge in [0.1, 0.15) is 10.8 Å². The number of thiophene rings is 1. The maximum atomic E-state index is 13.1. The van der Waals surface area contributed by atoms with Crippen LogP contribution in [0.5, 0.6) is 5.75 Å². The summed E-state index contributed by atoms with van der Waals surface area (Å²) in [6, 6.07) is 12.4. The Labute approximate surface area is 182 Å². The van der Waals surface area contributed by atoms with E-state index in [9.17, 15) is 9.90 Å². The van der Waals surface area contributed by atoms with Crippen LogP contribution < -0.4 is 5.32 Å². The number of benzene rings is 2. The van der Waals surface area contributed by atoms with E-state index in [-0.39, 0.29) is 16.7 Å². The molecule has 0 aliphatic heterocycles. The minimum absolute atomic E-state index is 0.0866. The van der Waals surface area contributed by atoms with Crippen LogP contribution in [-0.4, -0.2) is 17.2 Å². The molecule has 0 unspecified atom stereocenters. The second kappa shape index (κ2) is 8.57. The maximum absolute atomic E-state index is 13.1. The van der Waals surface area contributed by atoms with Crippen LogP contribution in [0.1, 0.15) is 39.2 Å². The summed E-state index contributed by atoms with van der Waals surface area (Å²) in [5.41, 5.74) is 2.83. The molecule has 2 aromatic carbocycles. The number of phenols is 1. The Bertz CT molecular complexity index is 1090. The van der Waals surface area contributed by atoms with Crippen molar-refractivity contribution >= 4 is 57.3 Å². The number of halogens is 2. The average Bonchev–Trinajstić information content (AvgIpc) is 3.09. The summed E-state index contributed by atoms with van der Waals surface area (Å²) in [5, 5.41) is 14.3. The number of fused-ring (bicyclic) bond motifs is 1. The molecule has 1 heterocycles. The number of hydrogen-bond donors (Lipinski definition) is 2. The first-order chi connectivity index (χ1) is 14.0. The lowest BCUT2D eigenvalue weighted by molar-refractivity contribution is 0.102. The lowest BCUT2D eigenvalue weighted by atomic mass is 9.95. The van der Waals surface area contributed by atoms with Crippen LogP contribution in [0.15, 0.2) is 47.5 Å². The minimum Gasteiger partial charge on any atom is -0.506 e. The molecule has 2 N–H and O–H groups in total. The number of hydrogen-bond acceptors (Lipinski definition) is 4. The molecule has 1 amide bonds. The first-order valence-electron chi connectivity index (χ1n) is 9.26. The predicted octanol–water partition coefficient (Wildman–Crippen LogP) is 6.64. The molecule has 1 aliphatic carbocycles. The Hall–Kier alpha value is -2.34. The number of amides is 1. The second-order valence-corrected chi connectivity index (χ2v) is 8.72. The van der Waals surface area contributed by atoms with Crippen molar-refractivity contribution < 1.29 is 9.90 Å². The molecule has 0 atom stereocenters. The number of carbonyl (C=O) groups is 1. The largest absolute Gasteiger partial charge is 0.506 e. The summed E-state index contributed by atoms with van der Waals surface area (Å²) in [6.07, 6.45) is 5.50. The fourth-order valence-corrected chi connectivity index (χ4v) is 5.14. The zero-order valence-electron chi connectivity index (χ0n) is 15.4. The van der Waals surface area contributed by atoms with Gasteiger partial charge in [0.25, 0.3) is 5.91 Å². The predicted molar refractivity (Wildman–Crippen MR) is 121 cm³/mol. The van der Waals surface area contributed by atoms with Gasteiger partial charge < -0.3 is 10.4 Å². The van der Waals surface area contributed by atoms with Crippen LogP contribution in [0.4, 0.5) is 10.7 Å². The zero-order valence-corrected chi connectivity index (χ0v) is 17.7. The Morgan fingerprint density at radius 3 is 2.69 bits per heavy atom. The number of carbonyl (C=O) groups excluding carboxylic acids is 1. The van der Waals surface area contributed by atoms with Gasteiger partial charge in [-0.05, 0) is 55.5 Å². The monoisotopic (exact) mass is 444 g/mol. The van der Waals surface area contributed by atoms with Gasteiger partial charge in [0, 0.05) is 27.4 Å². The van der Waals surface area contributed by atoms with Crippen LogP contribution in [0, 0.1) is 0 Å². The Morgan fingerprint density at radius 1 is 1.14 bits per heavy atom. The van der Waals surface area contributed by atoms with Crippen LogP contribution in [-0.2, 0) is 12.8 Å². The van der Waals surface area contributed by atoms with Gasteiger partial charge in [-0.3, -0.25) is 4.79 Å². The van der Waals surface area contributed by atoms with E-state index in [2.05, 4.69) is 10.3 Å². The molecule has 4 nitrogen and oxygen atoms in total. The van der Waals surface area contributed by atoms with Crippen molar-refractivity contribution in [2.75, 3.05) is 5.32 Å². The summed E-state index contributed by atoms with van der Waals surface area (Å²) in [5.74, 6) is -0.257. The van der Waals surface area contributed by atoms with Crippen molar-refractivity contribution in [2.45, 2.75) is 25.7 Å². The van der Waals surface area contributed by atoms with Gasteiger partial charge in [-0.15, -0.1) is 11.3 Å². The highest BCUT2D eigenvalue weighted by atomic mass is 35.5. The van der Waals surface area contributed by atoms with Crippen molar-refractivity contribution in [3.63, 3.8) is 0 Å². The van der Waals surface area contributed by atoms with E-state index >= 15 is 0 Å². The normalized spacial score (nSPS) is 13.4. The van der Waals surface area contributed by atoms with Gasteiger partial charge in [0.2, 0.25) is 0 Å². The fraction of sp³-hybridized carbons (Fsp3) is 0.182. The molecule has 29 heavy (non-hydrogen) atoms. The molecule has 4 rings (SSSR count). The number of nitrogens with one attached hydrogen (secondary N) is 1. The van der Waals surface area contributed by atoms with Gasteiger partial charge in [-0.1, -0.05) is 41.4 Å². The zero-order chi connectivity index (χ0) is 20.4. The molecule has 148 valence electrons. The molecule has 1 aliphatic rings. The summed E-state index contributed by atoms with van der Waals surface area (Å²) in [6.45, 7) is 0. The third kappa shape index (κ3) is 4.32. The van der Waals surface area contributed by atoms with E-state index in [0.717, 1.165) is 36.9 Å². The topological polar surface area (TPSA) is 61.7 Å². The summed E-state index contributed by atoms with van der Waals surface area (Å²) >= 11 is 13.6. The van der Waals surface area contributed by atoms with E-state index < -0.39 is 0 Å². The van der Waals surface area contributed by atoms with Crippen LogP contribution in [0.25, 0.3) is 0 Å². The Balaban J connectivity index is 1.72. The molecule has 0 radical (unpaired) electrons. The standard InChI is InChI=1S/C22H18Cl2N2O2S/c23-14-10-13(20(27)17(24)11-14)12-25-22-19(16-8-4-5-9-18(16)29-22)21(28)26-15-6-2-1-3-7-15/h1-3,6-7,10-12,27H,4-5,8-9H2,(H,26,28). The number of aliphatic imine (C=N–C) groups is 1. The van der Waals surface area contributed by atoms with Gasteiger partial charge >= 0.3 is 0 Å². The van der Waals surface area contributed by atoms with E-state index in [1.54, 1.807) is 6.07 Å². The number of aryl methyl sites for hydroxylation is 1. The molecule has 0 saturated carbocycles. The Kier molecular flexibility index (Phi) is 5.90. The third-order valence-electron chi connectivity index (χ3n) is 4.79. The molecule has 0 fully saturated rings. The lowest BCUT2D eigenvalue weighted by Gasteiger charge is -2.12. The maximum Gasteiger partial charge on any atom is 0.259 e. The molecular formula is C22H18Cl2N2O2S. The number of aromatic hydroxyl groups is 1. The number of anilines is 1. The van der Waals surface area contributed by atoms with Crippen LogP contribution in [0.3, 0.4) is 0 Å². The third-order valence-corrected chi connectivity index (χ3v) is 6.50. The first-order valence-corrected chi connectivity index (χ1v) is 10.8. The van der Waals surface area contributed by atoms with Crippen molar-refractivity contribution in [2.24, 2.45) is 4.99 Å². The van der Waals surface area contributed by atoms with Gasteiger partial charge in [0.05, 0.1) is 10.6 Å². The fourth-order valence-electron chi connectivity index (χ4n) is 3.40. The summed E-state index contributed by atoms with van der Waals surface area (Å²) in [7, 11) is 0. The molecule has 0 bridgehead atoms. The summed E-state index contributed by atoms with van der Waals surface area (Å²) in [4.78, 5) is 18.8. The molecule has 7 heteroatoms. The quantitative estimate of drug-likeness (QED) is 0.442. The Morgan fingerprint density at radius 2 is 1.90 bits per heavy atom. The number of para-hydroxylation sites is 1. The van der Waals surface area contributed by atoms with Gasteiger partial charge in [0.15, 0.2) is 0 Å². The minimum atomic E-state index is -0.170. The van der Waals surface area contributed by atoms with Gasteiger partial charge in [-0.2, -0.15) is 0 Å². The molecule has 0 spiro atoms. The SMILES string of the molecule is O=C(Nc1ccccc1)c1c(N=Cc2cc(Cl)cc(Cl)c2O)sc2c1CCCC2. The highest BCUT2D eigenvalue weighted by molar-refractivity contribution is 7.16. The lowest BCUT2D eigenvalue weighted by Crippen LogP contribution is -2.14. The highest BCUT2D eigenvalue weighted by Crippen LogP contribution is 2.40. The number of nitrogens with zero attached hydrogens (tertiary/aromatic N) is 1. The smallest absolute Gasteiger partial charge is 0.259 e. The van der Waals surface area contributed by atoms with E-state index in [1.165, 1.54) is 28.5 Å². The van der Waals surface area contributed by atoms with Gasteiger partial charge in [-0.25, -0.2) is 4.99 Å². The first kappa shape index (κ1) is 20.0. The van der Waals surface area contributed by atoms with Crippen LogP contribution >= 0.6 is 34.5 Å².